The number of piperidine rings is 1. The van der Waals surface area contributed by atoms with Crippen LogP contribution < -0.4 is 5.32 Å². The molecule has 3 heteroatoms. The average Bonchev–Trinajstić information content (AvgIpc) is 2.04. The minimum absolute atomic E-state index is 0.248. The van der Waals surface area contributed by atoms with Crippen molar-refractivity contribution in [3.05, 3.63) is 0 Å². The Bertz CT molecular complexity index is 184. The number of hydrogen-bond acceptors (Lipinski definition) is 3. The molecule has 0 aromatic heterocycles. The normalized spacial score (nSPS) is 21.6. The molecule has 1 heterocycles. The van der Waals surface area contributed by atoms with Crippen molar-refractivity contribution in [3.8, 4) is 0 Å². The molecule has 0 aromatic carbocycles. The fourth-order valence-electron chi connectivity index (χ4n) is 1.16. The van der Waals surface area contributed by atoms with Crippen LogP contribution in [0.5, 0.6) is 0 Å². The van der Waals surface area contributed by atoms with Gasteiger partial charge in [-0.25, -0.2) is 9.79 Å². The molecule has 1 aliphatic rings. The number of hydrogen-bond donors (Lipinski definition) is 1. The van der Waals surface area contributed by atoms with Crippen molar-refractivity contribution < 1.29 is 4.79 Å². The summed E-state index contributed by atoms with van der Waals surface area (Å²) in [6.45, 7) is 9.02. The van der Waals surface area contributed by atoms with Gasteiger partial charge in [-0.2, -0.15) is 0 Å². The summed E-state index contributed by atoms with van der Waals surface area (Å²) in [5.74, 6) is 0. The fourth-order valence-corrected chi connectivity index (χ4v) is 1.16. The highest BCUT2D eigenvalue weighted by Gasteiger charge is 2.04. The van der Waals surface area contributed by atoms with Gasteiger partial charge in [-0.05, 0) is 47.1 Å². The van der Waals surface area contributed by atoms with E-state index in [9.17, 15) is 4.79 Å². The van der Waals surface area contributed by atoms with Gasteiger partial charge in [0.05, 0.1) is 5.54 Å². The summed E-state index contributed by atoms with van der Waals surface area (Å²) in [6.07, 6.45) is 5.66. The summed E-state index contributed by atoms with van der Waals surface area (Å²) in [6, 6.07) is 0.786. The maximum absolute atomic E-state index is 9.53. The maximum Gasteiger partial charge on any atom is 0.235 e. The molecule has 1 unspecified atom stereocenters. The molecule has 82 valence electrons. The van der Waals surface area contributed by atoms with Gasteiger partial charge >= 0.3 is 0 Å². The van der Waals surface area contributed by atoms with Crippen LogP contribution in [-0.2, 0) is 4.79 Å². The standard InChI is InChI=1S/C6H13N.C5H9NO/c1-6-4-2-3-5-7-6;1-5(2,3)6-4-7/h6-7H,2-5H2,1H3;1-3H3. The predicted octanol–water partition coefficient (Wildman–Crippen LogP) is 2.27. The highest BCUT2D eigenvalue weighted by Crippen LogP contribution is 2.04. The molecule has 1 saturated heterocycles. The number of aliphatic imine (C=N–C) groups is 1. The van der Waals surface area contributed by atoms with Gasteiger partial charge in [0.2, 0.25) is 6.08 Å². The molecule has 1 N–H and O–H groups in total. The van der Waals surface area contributed by atoms with Gasteiger partial charge in [-0.1, -0.05) is 6.42 Å². The lowest BCUT2D eigenvalue weighted by atomic mass is 10.1. The second kappa shape index (κ2) is 6.74. The van der Waals surface area contributed by atoms with Crippen LogP contribution in [0, 0.1) is 0 Å². The summed E-state index contributed by atoms with van der Waals surface area (Å²) in [7, 11) is 0. The predicted molar refractivity (Wildman–Crippen MR) is 59.2 cm³/mol. The van der Waals surface area contributed by atoms with Crippen molar-refractivity contribution in [2.24, 2.45) is 4.99 Å². The number of carbonyl (C=O) groups excluding carboxylic acids is 1. The molecule has 1 atom stereocenters. The number of isocyanates is 1. The fraction of sp³-hybridized carbons (Fsp3) is 0.909. The van der Waals surface area contributed by atoms with Crippen molar-refractivity contribution in [2.45, 2.75) is 58.5 Å². The third-order valence-electron chi connectivity index (χ3n) is 1.94. The zero-order chi connectivity index (χ0) is 11.0. The van der Waals surface area contributed by atoms with Gasteiger partial charge in [-0.3, -0.25) is 0 Å². The third-order valence-corrected chi connectivity index (χ3v) is 1.94. The Hall–Kier alpha value is -0.660. The topological polar surface area (TPSA) is 41.5 Å². The maximum atomic E-state index is 9.53. The molecule has 1 fully saturated rings. The lowest BCUT2D eigenvalue weighted by molar-refractivity contribution is 0.425. The molecule has 1 rings (SSSR count). The van der Waals surface area contributed by atoms with Crippen LogP contribution in [0.25, 0.3) is 0 Å². The quantitative estimate of drug-likeness (QED) is 0.479. The molecular weight excluding hydrogens is 176 g/mol. The number of nitrogens with zero attached hydrogens (tertiary/aromatic N) is 1. The van der Waals surface area contributed by atoms with Crippen LogP contribution in [0.15, 0.2) is 4.99 Å². The SMILES string of the molecule is CC(C)(C)N=C=O.CC1CCCCN1. The van der Waals surface area contributed by atoms with Crippen LogP contribution in [0.3, 0.4) is 0 Å². The first-order valence-electron chi connectivity index (χ1n) is 5.28. The van der Waals surface area contributed by atoms with E-state index in [0.29, 0.717) is 0 Å². The van der Waals surface area contributed by atoms with Gasteiger partial charge in [0.1, 0.15) is 0 Å². The Kier molecular flexibility index (Phi) is 6.43. The van der Waals surface area contributed by atoms with Crippen molar-refractivity contribution in [3.63, 3.8) is 0 Å². The van der Waals surface area contributed by atoms with Gasteiger partial charge in [0.25, 0.3) is 0 Å². The van der Waals surface area contributed by atoms with Gasteiger partial charge in [0.15, 0.2) is 0 Å². The van der Waals surface area contributed by atoms with Crippen molar-refractivity contribution >= 4 is 6.08 Å². The summed E-state index contributed by atoms with van der Waals surface area (Å²) in [5.41, 5.74) is -0.248. The molecule has 3 nitrogen and oxygen atoms in total. The lowest BCUT2D eigenvalue weighted by Crippen LogP contribution is -2.30. The summed E-state index contributed by atoms with van der Waals surface area (Å²) < 4.78 is 0. The van der Waals surface area contributed by atoms with Crippen LogP contribution in [-0.4, -0.2) is 24.2 Å². The summed E-state index contributed by atoms with van der Waals surface area (Å²) in [5, 5.41) is 3.38. The molecular formula is C11H22N2O. The van der Waals surface area contributed by atoms with E-state index >= 15 is 0 Å². The highest BCUT2D eigenvalue weighted by atomic mass is 16.1. The molecule has 0 spiro atoms. The van der Waals surface area contributed by atoms with Crippen LogP contribution in [0.1, 0.15) is 47.0 Å². The van der Waals surface area contributed by atoms with E-state index in [0.717, 1.165) is 6.04 Å². The molecule has 0 amide bonds. The minimum atomic E-state index is -0.248. The van der Waals surface area contributed by atoms with E-state index in [2.05, 4.69) is 17.2 Å². The minimum Gasteiger partial charge on any atom is -0.314 e. The molecule has 0 saturated carbocycles. The van der Waals surface area contributed by atoms with Gasteiger partial charge < -0.3 is 5.32 Å². The first-order chi connectivity index (χ1) is 6.45. The molecule has 0 bridgehead atoms. The second-order valence-corrected chi connectivity index (χ2v) is 4.72. The van der Waals surface area contributed by atoms with Crippen molar-refractivity contribution in [2.75, 3.05) is 6.54 Å². The smallest absolute Gasteiger partial charge is 0.235 e. The monoisotopic (exact) mass is 198 g/mol. The van der Waals surface area contributed by atoms with Crippen molar-refractivity contribution in [1.29, 1.82) is 0 Å². The second-order valence-electron chi connectivity index (χ2n) is 4.72. The van der Waals surface area contributed by atoms with Crippen LogP contribution in [0.4, 0.5) is 0 Å². The third kappa shape index (κ3) is 9.43. The Morgan fingerprint density at radius 3 is 2.14 bits per heavy atom. The molecule has 0 aliphatic carbocycles. The van der Waals surface area contributed by atoms with Crippen molar-refractivity contribution in [1.82, 2.24) is 5.32 Å². The largest absolute Gasteiger partial charge is 0.314 e. The first-order valence-corrected chi connectivity index (χ1v) is 5.28. The Balaban J connectivity index is 0.000000241. The van der Waals surface area contributed by atoms with E-state index in [1.807, 2.05) is 20.8 Å². The Morgan fingerprint density at radius 1 is 1.36 bits per heavy atom. The Labute approximate surface area is 87.0 Å². The average molecular weight is 198 g/mol. The highest BCUT2D eigenvalue weighted by molar-refractivity contribution is 5.34. The van der Waals surface area contributed by atoms with Gasteiger partial charge in [-0.15, -0.1) is 0 Å². The zero-order valence-electron chi connectivity index (χ0n) is 9.76. The van der Waals surface area contributed by atoms with E-state index in [4.69, 9.17) is 0 Å². The lowest BCUT2D eigenvalue weighted by Gasteiger charge is -2.18. The molecule has 14 heavy (non-hydrogen) atoms. The number of rotatable bonds is 0. The van der Waals surface area contributed by atoms with Crippen LogP contribution in [0.2, 0.25) is 0 Å². The van der Waals surface area contributed by atoms with E-state index in [-0.39, 0.29) is 5.54 Å². The number of nitrogens with one attached hydrogen (secondary N) is 1. The molecule has 1 aliphatic heterocycles. The van der Waals surface area contributed by atoms with Crippen LogP contribution >= 0.6 is 0 Å². The Morgan fingerprint density at radius 2 is 2.00 bits per heavy atom. The molecule has 0 radical (unpaired) electrons. The molecule has 0 aromatic rings. The van der Waals surface area contributed by atoms with E-state index in [1.54, 1.807) is 0 Å². The first kappa shape index (κ1) is 13.3. The summed E-state index contributed by atoms with van der Waals surface area (Å²) in [4.78, 5) is 13.0. The van der Waals surface area contributed by atoms with E-state index < -0.39 is 0 Å². The summed E-state index contributed by atoms with van der Waals surface area (Å²) >= 11 is 0. The zero-order valence-corrected chi connectivity index (χ0v) is 9.76. The van der Waals surface area contributed by atoms with Gasteiger partial charge in [0, 0.05) is 6.04 Å². The van der Waals surface area contributed by atoms with E-state index in [1.165, 1.54) is 31.9 Å².